The molecule has 0 radical (unpaired) electrons. The zero-order valence-corrected chi connectivity index (χ0v) is 12.2. The fraction of sp³-hybridized carbons (Fsp3) is 0.312. The second-order valence-electron chi connectivity index (χ2n) is 5.57. The van der Waals surface area contributed by atoms with Gasteiger partial charge in [0.15, 0.2) is 0 Å². The van der Waals surface area contributed by atoms with E-state index in [9.17, 15) is 14.0 Å². The second-order valence-corrected chi connectivity index (χ2v) is 5.57. The Bertz CT molecular complexity index is 722. The van der Waals surface area contributed by atoms with Crippen molar-refractivity contribution in [2.24, 2.45) is 0 Å². The quantitative estimate of drug-likeness (QED) is 0.854. The number of nitrogens with one attached hydrogen (secondary N) is 1. The van der Waals surface area contributed by atoms with E-state index in [0.717, 1.165) is 18.5 Å². The number of amides is 1. The van der Waals surface area contributed by atoms with Crippen molar-refractivity contribution in [3.63, 3.8) is 0 Å². The van der Waals surface area contributed by atoms with E-state index < -0.39 is 23.7 Å². The normalized spacial score (nSPS) is 15.2. The number of carbonyl (C=O) groups excluding carboxylic acids is 1. The standard InChI is InChI=1S/C16H15FN2O4/c17-11-5-3-9(4-6-11)12(8-15(20)21)18-16(22)14-7-13(19-23-14)10-1-2-10/h3-7,10,12H,1-2,8H2,(H,18,22)(H,20,21). The number of hydrogen-bond donors (Lipinski definition) is 2. The topological polar surface area (TPSA) is 92.4 Å². The highest BCUT2D eigenvalue weighted by Gasteiger charge is 2.29. The van der Waals surface area contributed by atoms with E-state index in [4.69, 9.17) is 9.63 Å². The highest BCUT2D eigenvalue weighted by atomic mass is 19.1. The summed E-state index contributed by atoms with van der Waals surface area (Å²) in [6, 6.07) is 6.12. The lowest BCUT2D eigenvalue weighted by molar-refractivity contribution is -0.137. The fourth-order valence-corrected chi connectivity index (χ4v) is 2.32. The number of benzene rings is 1. The van der Waals surface area contributed by atoms with Gasteiger partial charge in [-0.3, -0.25) is 9.59 Å². The first-order valence-corrected chi connectivity index (χ1v) is 7.27. The third-order valence-corrected chi connectivity index (χ3v) is 3.70. The minimum absolute atomic E-state index is 0.0457. The maximum absolute atomic E-state index is 13.0. The molecule has 1 aromatic carbocycles. The molecule has 1 unspecified atom stereocenters. The summed E-state index contributed by atoms with van der Waals surface area (Å²) in [6.07, 6.45) is 1.75. The maximum atomic E-state index is 13.0. The summed E-state index contributed by atoms with van der Waals surface area (Å²) in [4.78, 5) is 23.2. The number of aliphatic carboxylic acids is 1. The largest absolute Gasteiger partial charge is 0.481 e. The summed E-state index contributed by atoms with van der Waals surface area (Å²) in [5.41, 5.74) is 1.25. The van der Waals surface area contributed by atoms with Gasteiger partial charge in [-0.25, -0.2) is 4.39 Å². The van der Waals surface area contributed by atoms with E-state index in [1.165, 1.54) is 24.3 Å². The van der Waals surface area contributed by atoms with Crippen LogP contribution in [0.3, 0.4) is 0 Å². The van der Waals surface area contributed by atoms with Crippen LogP contribution in [0.5, 0.6) is 0 Å². The van der Waals surface area contributed by atoms with Gasteiger partial charge in [0.2, 0.25) is 5.76 Å². The molecule has 0 saturated heterocycles. The zero-order valence-electron chi connectivity index (χ0n) is 12.2. The lowest BCUT2D eigenvalue weighted by Gasteiger charge is -2.16. The van der Waals surface area contributed by atoms with Gasteiger partial charge in [0.05, 0.1) is 18.2 Å². The van der Waals surface area contributed by atoms with E-state index in [-0.39, 0.29) is 12.2 Å². The molecule has 1 aromatic heterocycles. The molecule has 1 amide bonds. The van der Waals surface area contributed by atoms with E-state index in [1.54, 1.807) is 6.07 Å². The molecule has 0 aliphatic heterocycles. The molecule has 1 aliphatic rings. The van der Waals surface area contributed by atoms with E-state index >= 15 is 0 Å². The Morgan fingerprint density at radius 3 is 2.65 bits per heavy atom. The number of nitrogens with zero attached hydrogens (tertiary/aromatic N) is 1. The minimum Gasteiger partial charge on any atom is -0.481 e. The zero-order chi connectivity index (χ0) is 16.4. The molecule has 23 heavy (non-hydrogen) atoms. The molecule has 2 aromatic rings. The van der Waals surface area contributed by atoms with Crippen molar-refractivity contribution in [3.8, 4) is 0 Å². The Morgan fingerprint density at radius 2 is 2.04 bits per heavy atom. The summed E-state index contributed by atoms with van der Waals surface area (Å²) >= 11 is 0. The SMILES string of the molecule is O=C(O)CC(NC(=O)c1cc(C2CC2)no1)c1ccc(F)cc1. The molecule has 1 saturated carbocycles. The fourth-order valence-electron chi connectivity index (χ4n) is 2.32. The first kappa shape index (κ1) is 15.2. The van der Waals surface area contributed by atoms with Gasteiger partial charge in [0, 0.05) is 12.0 Å². The Morgan fingerprint density at radius 1 is 1.35 bits per heavy atom. The third-order valence-electron chi connectivity index (χ3n) is 3.70. The number of halogens is 1. The second kappa shape index (κ2) is 6.20. The van der Waals surface area contributed by atoms with Crippen LogP contribution in [0.2, 0.25) is 0 Å². The van der Waals surface area contributed by atoms with Gasteiger partial charge in [0.25, 0.3) is 5.91 Å². The van der Waals surface area contributed by atoms with Crippen LogP contribution in [0.1, 0.15) is 53.0 Å². The lowest BCUT2D eigenvalue weighted by atomic mass is 10.0. The van der Waals surface area contributed by atoms with E-state index in [2.05, 4.69) is 10.5 Å². The molecule has 1 fully saturated rings. The third kappa shape index (κ3) is 3.74. The first-order chi connectivity index (χ1) is 11.0. The predicted molar refractivity (Wildman–Crippen MR) is 77.3 cm³/mol. The number of carbonyl (C=O) groups is 2. The smallest absolute Gasteiger partial charge is 0.305 e. The highest BCUT2D eigenvalue weighted by Crippen LogP contribution is 2.39. The van der Waals surface area contributed by atoms with Crippen LogP contribution >= 0.6 is 0 Å². The molecule has 7 heteroatoms. The molecule has 3 rings (SSSR count). The van der Waals surface area contributed by atoms with Crippen LogP contribution in [-0.2, 0) is 4.79 Å². The Kier molecular flexibility index (Phi) is 4.10. The molecule has 1 atom stereocenters. The number of carboxylic acids is 1. The molecule has 0 spiro atoms. The molecule has 2 N–H and O–H groups in total. The summed E-state index contributed by atoms with van der Waals surface area (Å²) < 4.78 is 18.0. The van der Waals surface area contributed by atoms with Crippen molar-refractivity contribution in [1.82, 2.24) is 10.5 Å². The van der Waals surface area contributed by atoms with Crippen molar-refractivity contribution < 1.29 is 23.6 Å². The van der Waals surface area contributed by atoms with Crippen LogP contribution in [0.25, 0.3) is 0 Å². The average Bonchev–Trinajstić information content (AvgIpc) is 3.24. The highest BCUT2D eigenvalue weighted by molar-refractivity contribution is 5.92. The predicted octanol–water partition coefficient (Wildman–Crippen LogP) is 2.64. The number of aromatic nitrogens is 1. The minimum atomic E-state index is -1.07. The summed E-state index contributed by atoms with van der Waals surface area (Å²) in [5.74, 6) is -1.65. The molecule has 6 nitrogen and oxygen atoms in total. The van der Waals surface area contributed by atoms with Crippen LogP contribution in [0, 0.1) is 5.82 Å². The summed E-state index contributed by atoms with van der Waals surface area (Å²) in [5, 5.41) is 15.5. The molecule has 120 valence electrons. The van der Waals surface area contributed by atoms with Crippen LogP contribution < -0.4 is 5.32 Å². The van der Waals surface area contributed by atoms with Crippen molar-refractivity contribution in [2.75, 3.05) is 0 Å². The molecular formula is C16H15FN2O4. The van der Waals surface area contributed by atoms with Crippen LogP contribution in [0.15, 0.2) is 34.9 Å². The van der Waals surface area contributed by atoms with Crippen molar-refractivity contribution in [1.29, 1.82) is 0 Å². The number of hydrogen-bond acceptors (Lipinski definition) is 4. The monoisotopic (exact) mass is 318 g/mol. The molecule has 1 heterocycles. The molecular weight excluding hydrogens is 303 g/mol. The first-order valence-electron chi connectivity index (χ1n) is 7.27. The average molecular weight is 318 g/mol. The summed E-state index contributed by atoms with van der Waals surface area (Å²) in [6.45, 7) is 0. The van der Waals surface area contributed by atoms with Gasteiger partial charge in [-0.2, -0.15) is 0 Å². The van der Waals surface area contributed by atoms with E-state index in [1.807, 2.05) is 0 Å². The van der Waals surface area contributed by atoms with Crippen LogP contribution in [0.4, 0.5) is 4.39 Å². The molecule has 0 bridgehead atoms. The van der Waals surface area contributed by atoms with Crippen molar-refractivity contribution in [2.45, 2.75) is 31.2 Å². The summed E-state index contributed by atoms with van der Waals surface area (Å²) in [7, 11) is 0. The van der Waals surface area contributed by atoms with Crippen LogP contribution in [-0.4, -0.2) is 22.1 Å². The van der Waals surface area contributed by atoms with Gasteiger partial charge in [-0.15, -0.1) is 0 Å². The Hall–Kier alpha value is -2.70. The van der Waals surface area contributed by atoms with Gasteiger partial charge < -0.3 is 14.9 Å². The van der Waals surface area contributed by atoms with Crippen molar-refractivity contribution in [3.05, 3.63) is 53.2 Å². The lowest BCUT2D eigenvalue weighted by Crippen LogP contribution is -2.30. The van der Waals surface area contributed by atoms with Gasteiger partial charge in [-0.1, -0.05) is 17.3 Å². The van der Waals surface area contributed by atoms with Gasteiger partial charge >= 0.3 is 5.97 Å². The van der Waals surface area contributed by atoms with Gasteiger partial charge in [0.1, 0.15) is 5.82 Å². The Balaban J connectivity index is 1.74. The van der Waals surface area contributed by atoms with E-state index in [0.29, 0.717) is 11.5 Å². The maximum Gasteiger partial charge on any atom is 0.305 e. The Labute approximate surface area is 131 Å². The molecule has 1 aliphatic carbocycles. The number of carboxylic acid groups (broad SMARTS) is 1. The number of rotatable bonds is 6. The van der Waals surface area contributed by atoms with Gasteiger partial charge in [-0.05, 0) is 30.5 Å². The van der Waals surface area contributed by atoms with Crippen molar-refractivity contribution >= 4 is 11.9 Å².